The number of nitrogens with zero attached hydrogens (tertiary/aromatic N) is 1. The summed E-state index contributed by atoms with van der Waals surface area (Å²) in [5.41, 5.74) is 0. The smallest absolute Gasteiger partial charge is 0.122 e. The number of rotatable bonds is 3. The van der Waals surface area contributed by atoms with Crippen LogP contribution in [0.4, 0.5) is 0 Å². The molecule has 0 amide bonds. The van der Waals surface area contributed by atoms with Gasteiger partial charge in [-0.1, -0.05) is 13.8 Å². The highest BCUT2D eigenvalue weighted by atomic mass is 16.5. The average molecular weight is 165 g/mol. The quantitative estimate of drug-likeness (QED) is 0.686. The van der Waals surface area contributed by atoms with Gasteiger partial charge in [0.25, 0.3) is 0 Å². The van der Waals surface area contributed by atoms with Gasteiger partial charge in [0.2, 0.25) is 0 Å². The van der Waals surface area contributed by atoms with Crippen molar-refractivity contribution in [3.63, 3.8) is 0 Å². The molecule has 0 bridgehead atoms. The lowest BCUT2D eigenvalue weighted by molar-refractivity contribution is 0.170. The zero-order chi connectivity index (χ0) is 8.97. The zero-order valence-corrected chi connectivity index (χ0v) is 7.82. The molecule has 1 heterocycles. The number of aromatic nitrogens is 1. The monoisotopic (exact) mass is 165 g/mol. The molecule has 0 saturated carbocycles. The predicted octanol–water partition coefficient (Wildman–Crippen LogP) is 2.50. The lowest BCUT2D eigenvalue weighted by Gasteiger charge is -2.17. The minimum atomic E-state index is 0.257. The van der Waals surface area contributed by atoms with Crippen molar-refractivity contribution in [1.29, 1.82) is 0 Å². The summed E-state index contributed by atoms with van der Waals surface area (Å²) in [6.45, 7) is 6.36. The molecule has 1 aromatic rings. The van der Waals surface area contributed by atoms with Crippen molar-refractivity contribution in [2.24, 2.45) is 5.92 Å². The predicted molar refractivity (Wildman–Crippen MR) is 49.2 cm³/mol. The SMILES string of the molecule is CC(C)[C@H](C)Oc1ccncc1. The van der Waals surface area contributed by atoms with E-state index in [0.29, 0.717) is 5.92 Å². The molecule has 2 heteroatoms. The first-order chi connectivity index (χ1) is 5.70. The van der Waals surface area contributed by atoms with Crippen LogP contribution in [0.5, 0.6) is 5.75 Å². The standard InChI is InChI=1S/C10H15NO/c1-8(2)9(3)12-10-4-6-11-7-5-10/h4-9H,1-3H3/t9-/m0/s1. The molecule has 0 aromatic carbocycles. The van der Waals surface area contributed by atoms with E-state index in [1.165, 1.54) is 0 Å². The number of pyridine rings is 1. The van der Waals surface area contributed by atoms with Gasteiger partial charge in [0.1, 0.15) is 5.75 Å². The minimum Gasteiger partial charge on any atom is -0.490 e. The van der Waals surface area contributed by atoms with E-state index >= 15 is 0 Å². The Kier molecular flexibility index (Phi) is 3.09. The van der Waals surface area contributed by atoms with Crippen LogP contribution in [-0.4, -0.2) is 11.1 Å². The number of ether oxygens (including phenoxy) is 1. The molecule has 0 aliphatic carbocycles. The zero-order valence-electron chi connectivity index (χ0n) is 7.82. The van der Waals surface area contributed by atoms with Crippen molar-refractivity contribution in [1.82, 2.24) is 4.98 Å². The van der Waals surface area contributed by atoms with Crippen LogP contribution in [-0.2, 0) is 0 Å². The summed E-state index contributed by atoms with van der Waals surface area (Å²) < 4.78 is 5.64. The third-order valence-corrected chi connectivity index (χ3v) is 1.91. The average Bonchev–Trinajstić information content (AvgIpc) is 2.06. The van der Waals surface area contributed by atoms with Crippen LogP contribution >= 0.6 is 0 Å². The van der Waals surface area contributed by atoms with Gasteiger partial charge >= 0.3 is 0 Å². The Morgan fingerprint density at radius 2 is 1.75 bits per heavy atom. The largest absolute Gasteiger partial charge is 0.490 e. The van der Waals surface area contributed by atoms with Crippen LogP contribution in [0.25, 0.3) is 0 Å². The summed E-state index contributed by atoms with van der Waals surface area (Å²) in [6.07, 6.45) is 3.73. The summed E-state index contributed by atoms with van der Waals surface area (Å²) in [4.78, 5) is 3.92. The molecule has 1 aromatic heterocycles. The van der Waals surface area contributed by atoms with Gasteiger partial charge in [0.15, 0.2) is 0 Å². The van der Waals surface area contributed by atoms with Crippen molar-refractivity contribution >= 4 is 0 Å². The van der Waals surface area contributed by atoms with E-state index in [4.69, 9.17) is 4.74 Å². The molecular weight excluding hydrogens is 150 g/mol. The third kappa shape index (κ3) is 2.53. The van der Waals surface area contributed by atoms with E-state index in [0.717, 1.165) is 5.75 Å². The lowest BCUT2D eigenvalue weighted by atomic mass is 10.1. The van der Waals surface area contributed by atoms with Crippen LogP contribution in [0.15, 0.2) is 24.5 Å². The van der Waals surface area contributed by atoms with Gasteiger partial charge in [-0.05, 0) is 25.0 Å². The number of hydrogen-bond acceptors (Lipinski definition) is 2. The summed E-state index contributed by atoms with van der Waals surface area (Å²) in [5, 5.41) is 0. The van der Waals surface area contributed by atoms with Gasteiger partial charge < -0.3 is 4.74 Å². The van der Waals surface area contributed by atoms with Crippen LogP contribution < -0.4 is 4.74 Å². The topological polar surface area (TPSA) is 22.1 Å². The van der Waals surface area contributed by atoms with E-state index in [1.54, 1.807) is 12.4 Å². The Bertz CT molecular complexity index is 221. The molecule has 0 fully saturated rings. The summed E-state index contributed by atoms with van der Waals surface area (Å²) in [7, 11) is 0. The van der Waals surface area contributed by atoms with E-state index in [9.17, 15) is 0 Å². The summed E-state index contributed by atoms with van der Waals surface area (Å²) in [5.74, 6) is 1.43. The minimum absolute atomic E-state index is 0.257. The van der Waals surface area contributed by atoms with Crippen LogP contribution in [0.1, 0.15) is 20.8 Å². The van der Waals surface area contributed by atoms with Gasteiger partial charge in [-0.3, -0.25) is 4.98 Å². The summed E-state index contributed by atoms with van der Waals surface area (Å²) >= 11 is 0. The van der Waals surface area contributed by atoms with Crippen molar-refractivity contribution in [2.45, 2.75) is 26.9 Å². The molecule has 0 radical (unpaired) electrons. The van der Waals surface area contributed by atoms with E-state index < -0.39 is 0 Å². The normalized spacial score (nSPS) is 13.0. The first-order valence-electron chi connectivity index (χ1n) is 4.27. The van der Waals surface area contributed by atoms with Gasteiger partial charge in [0.05, 0.1) is 6.10 Å². The van der Waals surface area contributed by atoms with Gasteiger partial charge in [-0.25, -0.2) is 0 Å². The maximum atomic E-state index is 5.64. The highest BCUT2D eigenvalue weighted by Crippen LogP contribution is 2.13. The van der Waals surface area contributed by atoms with Crippen LogP contribution in [0, 0.1) is 5.92 Å². The van der Waals surface area contributed by atoms with Crippen LogP contribution in [0.2, 0.25) is 0 Å². The van der Waals surface area contributed by atoms with E-state index in [-0.39, 0.29) is 6.10 Å². The second-order valence-electron chi connectivity index (χ2n) is 3.25. The first-order valence-corrected chi connectivity index (χ1v) is 4.27. The Morgan fingerprint density at radius 1 is 1.17 bits per heavy atom. The molecule has 1 rings (SSSR count). The molecule has 0 aliphatic rings. The Morgan fingerprint density at radius 3 is 2.25 bits per heavy atom. The summed E-state index contributed by atoms with van der Waals surface area (Å²) in [6, 6.07) is 3.75. The fourth-order valence-electron chi connectivity index (χ4n) is 0.768. The maximum Gasteiger partial charge on any atom is 0.122 e. The second-order valence-corrected chi connectivity index (χ2v) is 3.25. The fourth-order valence-corrected chi connectivity index (χ4v) is 0.768. The highest BCUT2D eigenvalue weighted by molar-refractivity contribution is 5.17. The van der Waals surface area contributed by atoms with E-state index in [1.807, 2.05) is 12.1 Å². The molecule has 0 spiro atoms. The van der Waals surface area contributed by atoms with Crippen molar-refractivity contribution in [2.75, 3.05) is 0 Å². The third-order valence-electron chi connectivity index (χ3n) is 1.91. The van der Waals surface area contributed by atoms with Crippen LogP contribution in [0.3, 0.4) is 0 Å². The Hall–Kier alpha value is -1.05. The van der Waals surface area contributed by atoms with Gasteiger partial charge in [0, 0.05) is 12.4 Å². The molecule has 0 saturated heterocycles. The maximum absolute atomic E-state index is 5.64. The Balaban J connectivity index is 2.53. The van der Waals surface area contributed by atoms with Crippen molar-refractivity contribution in [3.05, 3.63) is 24.5 Å². The number of hydrogen-bond donors (Lipinski definition) is 0. The molecule has 0 unspecified atom stereocenters. The molecule has 2 nitrogen and oxygen atoms in total. The van der Waals surface area contributed by atoms with Gasteiger partial charge in [-0.15, -0.1) is 0 Å². The fraction of sp³-hybridized carbons (Fsp3) is 0.500. The van der Waals surface area contributed by atoms with Gasteiger partial charge in [-0.2, -0.15) is 0 Å². The molecular formula is C10H15NO. The lowest BCUT2D eigenvalue weighted by Crippen LogP contribution is -2.18. The molecule has 0 N–H and O–H groups in total. The van der Waals surface area contributed by atoms with E-state index in [2.05, 4.69) is 25.8 Å². The molecule has 0 aliphatic heterocycles. The van der Waals surface area contributed by atoms with Crippen molar-refractivity contribution < 1.29 is 4.74 Å². The first kappa shape index (κ1) is 9.04. The molecule has 66 valence electrons. The highest BCUT2D eigenvalue weighted by Gasteiger charge is 2.07. The Labute approximate surface area is 73.6 Å². The second kappa shape index (κ2) is 4.10. The molecule has 1 atom stereocenters. The van der Waals surface area contributed by atoms with Crippen molar-refractivity contribution in [3.8, 4) is 5.75 Å². The molecule has 12 heavy (non-hydrogen) atoms.